The first-order chi connectivity index (χ1) is 12.1. The first-order valence-electron chi connectivity index (χ1n) is 7.12. The molecular weight excluding hydrogens is 373 g/mol. The molecule has 0 radical (unpaired) electrons. The van der Waals surface area contributed by atoms with Gasteiger partial charge in [0.1, 0.15) is 0 Å². The molecule has 0 atom stereocenters. The summed E-state index contributed by atoms with van der Waals surface area (Å²) in [5.41, 5.74) is -0.763. The summed E-state index contributed by atoms with van der Waals surface area (Å²) in [5, 5.41) is 4.15. The van der Waals surface area contributed by atoms with Gasteiger partial charge in [0.2, 0.25) is 5.91 Å². The Labute approximate surface area is 146 Å². The number of sulfone groups is 1. The first kappa shape index (κ1) is 19.4. The number of carbonyl (C=O) groups excluding carboxylic acids is 2. The minimum absolute atomic E-state index is 0.165. The zero-order valence-corrected chi connectivity index (χ0v) is 14.2. The van der Waals surface area contributed by atoms with Crippen molar-refractivity contribution >= 4 is 27.3 Å². The second kappa shape index (κ2) is 7.56. The van der Waals surface area contributed by atoms with E-state index < -0.39 is 51.3 Å². The van der Waals surface area contributed by atoms with E-state index in [1.165, 1.54) is 24.3 Å². The van der Waals surface area contributed by atoms with Crippen LogP contribution in [0.2, 0.25) is 0 Å². The summed E-state index contributed by atoms with van der Waals surface area (Å²) in [7, 11) is -3.67. The predicted octanol–water partition coefficient (Wildman–Crippen LogP) is 1.88. The number of benzene rings is 2. The number of carbonyl (C=O) groups is 2. The van der Waals surface area contributed by atoms with Crippen molar-refractivity contribution in [3.8, 4) is 0 Å². The van der Waals surface area contributed by atoms with E-state index in [0.29, 0.717) is 6.07 Å². The van der Waals surface area contributed by atoms with E-state index >= 15 is 0 Å². The highest BCUT2D eigenvalue weighted by molar-refractivity contribution is 7.90. The summed E-state index contributed by atoms with van der Waals surface area (Å²) >= 11 is 0. The van der Waals surface area contributed by atoms with Crippen molar-refractivity contribution in [1.82, 2.24) is 5.32 Å². The number of anilines is 1. The fraction of sp³-hybridized carbons (Fsp3) is 0.125. The molecule has 0 aliphatic rings. The highest BCUT2D eigenvalue weighted by Crippen LogP contribution is 2.19. The number of nitrogens with one attached hydrogen (secondary N) is 2. The lowest BCUT2D eigenvalue weighted by Gasteiger charge is -2.10. The summed E-state index contributed by atoms with van der Waals surface area (Å²) in [6.07, 6.45) is 0.928. The summed E-state index contributed by atoms with van der Waals surface area (Å²) in [6, 6.07) is 6.84. The van der Waals surface area contributed by atoms with Crippen LogP contribution in [0.3, 0.4) is 0 Å². The van der Waals surface area contributed by atoms with E-state index in [1.54, 1.807) is 0 Å². The Hall–Kier alpha value is -2.88. The van der Waals surface area contributed by atoms with Gasteiger partial charge in [0, 0.05) is 6.26 Å². The fourth-order valence-electron chi connectivity index (χ4n) is 2.05. The fourth-order valence-corrected chi connectivity index (χ4v) is 2.94. The average Bonchev–Trinajstić information content (AvgIpc) is 2.59. The van der Waals surface area contributed by atoms with Gasteiger partial charge in [-0.3, -0.25) is 9.59 Å². The van der Waals surface area contributed by atoms with Gasteiger partial charge in [0.05, 0.1) is 22.7 Å². The normalized spacial score (nSPS) is 11.1. The molecule has 0 aliphatic carbocycles. The predicted molar refractivity (Wildman–Crippen MR) is 86.8 cm³/mol. The van der Waals surface area contributed by atoms with Crippen LogP contribution in [0.1, 0.15) is 10.4 Å². The van der Waals surface area contributed by atoms with Gasteiger partial charge in [0.25, 0.3) is 5.91 Å². The van der Waals surface area contributed by atoms with Crippen LogP contribution in [-0.4, -0.2) is 33.0 Å². The Morgan fingerprint density at radius 2 is 1.65 bits per heavy atom. The SMILES string of the molecule is CS(=O)(=O)c1ccccc1C(=O)NCC(=O)Nc1ccc(F)c(F)c1F. The largest absolute Gasteiger partial charge is 0.343 e. The van der Waals surface area contributed by atoms with Crippen molar-refractivity contribution in [2.45, 2.75) is 4.90 Å². The van der Waals surface area contributed by atoms with E-state index in [2.05, 4.69) is 5.32 Å². The van der Waals surface area contributed by atoms with Gasteiger partial charge in [-0.2, -0.15) is 0 Å². The Morgan fingerprint density at radius 1 is 1.00 bits per heavy atom. The van der Waals surface area contributed by atoms with Gasteiger partial charge >= 0.3 is 0 Å². The van der Waals surface area contributed by atoms with Crippen molar-refractivity contribution in [3.05, 3.63) is 59.4 Å². The lowest BCUT2D eigenvalue weighted by Crippen LogP contribution is -2.33. The molecule has 26 heavy (non-hydrogen) atoms. The number of hydrogen-bond acceptors (Lipinski definition) is 4. The van der Waals surface area contributed by atoms with Crippen LogP contribution >= 0.6 is 0 Å². The molecule has 0 bridgehead atoms. The first-order valence-corrected chi connectivity index (χ1v) is 9.01. The van der Waals surface area contributed by atoms with Gasteiger partial charge in [-0.05, 0) is 24.3 Å². The molecule has 2 aromatic rings. The molecule has 138 valence electrons. The van der Waals surface area contributed by atoms with E-state index in [4.69, 9.17) is 0 Å². The highest BCUT2D eigenvalue weighted by Gasteiger charge is 2.19. The Bertz CT molecular complexity index is 977. The van der Waals surface area contributed by atoms with Gasteiger partial charge in [0.15, 0.2) is 27.3 Å². The molecule has 2 N–H and O–H groups in total. The van der Waals surface area contributed by atoms with Crippen LogP contribution in [0.15, 0.2) is 41.3 Å². The molecule has 2 amide bonds. The number of hydrogen-bond donors (Lipinski definition) is 2. The van der Waals surface area contributed by atoms with Gasteiger partial charge in [-0.15, -0.1) is 0 Å². The van der Waals surface area contributed by atoms with Crippen molar-refractivity contribution in [2.75, 3.05) is 18.1 Å². The van der Waals surface area contributed by atoms with Crippen molar-refractivity contribution < 1.29 is 31.2 Å². The van der Waals surface area contributed by atoms with E-state index in [9.17, 15) is 31.2 Å². The Kier molecular flexibility index (Phi) is 5.66. The van der Waals surface area contributed by atoms with Crippen LogP contribution in [0.25, 0.3) is 0 Å². The van der Waals surface area contributed by atoms with E-state index in [-0.39, 0.29) is 10.5 Å². The molecule has 0 spiro atoms. The molecule has 0 heterocycles. The zero-order chi connectivity index (χ0) is 19.5. The standard InChI is InChI=1S/C16H13F3N2O4S/c1-26(24,25)12-5-3-2-4-9(12)16(23)20-8-13(22)21-11-7-6-10(17)14(18)15(11)19/h2-7H,8H2,1H3,(H,20,23)(H,21,22). The van der Waals surface area contributed by atoms with Crippen LogP contribution in [0, 0.1) is 17.5 Å². The summed E-state index contributed by atoms with van der Waals surface area (Å²) < 4.78 is 62.8. The van der Waals surface area contributed by atoms with E-state index in [1.807, 2.05) is 5.32 Å². The number of amides is 2. The average molecular weight is 386 g/mol. The molecular formula is C16H13F3N2O4S. The molecule has 0 aromatic heterocycles. The van der Waals surface area contributed by atoms with Gasteiger partial charge in [-0.25, -0.2) is 21.6 Å². The molecule has 0 saturated heterocycles. The Balaban J connectivity index is 2.07. The van der Waals surface area contributed by atoms with E-state index in [0.717, 1.165) is 12.3 Å². The maximum Gasteiger partial charge on any atom is 0.253 e. The van der Waals surface area contributed by atoms with Crippen LogP contribution in [-0.2, 0) is 14.6 Å². The second-order valence-corrected chi connectivity index (χ2v) is 7.21. The summed E-state index contributed by atoms with van der Waals surface area (Å²) in [5.74, 6) is -6.49. The summed E-state index contributed by atoms with van der Waals surface area (Å²) in [4.78, 5) is 23.6. The second-order valence-electron chi connectivity index (χ2n) is 5.22. The molecule has 10 heteroatoms. The molecule has 0 fully saturated rings. The molecule has 2 rings (SSSR count). The van der Waals surface area contributed by atoms with Crippen LogP contribution < -0.4 is 10.6 Å². The zero-order valence-electron chi connectivity index (χ0n) is 13.3. The third-order valence-corrected chi connectivity index (χ3v) is 4.40. The molecule has 6 nitrogen and oxygen atoms in total. The lowest BCUT2D eigenvalue weighted by atomic mass is 10.2. The molecule has 0 saturated carbocycles. The topological polar surface area (TPSA) is 92.3 Å². The van der Waals surface area contributed by atoms with Crippen molar-refractivity contribution in [1.29, 1.82) is 0 Å². The molecule has 0 unspecified atom stereocenters. The maximum absolute atomic E-state index is 13.5. The minimum Gasteiger partial charge on any atom is -0.343 e. The van der Waals surface area contributed by atoms with Crippen LogP contribution in [0.4, 0.5) is 18.9 Å². The lowest BCUT2D eigenvalue weighted by molar-refractivity contribution is -0.115. The molecule has 0 aliphatic heterocycles. The smallest absolute Gasteiger partial charge is 0.253 e. The monoisotopic (exact) mass is 386 g/mol. The van der Waals surface area contributed by atoms with Crippen molar-refractivity contribution in [3.63, 3.8) is 0 Å². The van der Waals surface area contributed by atoms with Gasteiger partial charge < -0.3 is 10.6 Å². The Morgan fingerprint density at radius 3 is 2.31 bits per heavy atom. The van der Waals surface area contributed by atoms with Crippen molar-refractivity contribution in [2.24, 2.45) is 0 Å². The van der Waals surface area contributed by atoms with Crippen LogP contribution in [0.5, 0.6) is 0 Å². The quantitative estimate of drug-likeness (QED) is 0.768. The summed E-state index contributed by atoms with van der Waals surface area (Å²) in [6.45, 7) is -0.643. The molecule has 2 aromatic carbocycles. The third kappa shape index (κ3) is 4.39. The van der Waals surface area contributed by atoms with Gasteiger partial charge in [-0.1, -0.05) is 12.1 Å². The maximum atomic E-state index is 13.5. The minimum atomic E-state index is -3.67. The number of rotatable bonds is 5. The third-order valence-electron chi connectivity index (χ3n) is 3.25. The highest BCUT2D eigenvalue weighted by atomic mass is 32.2. The number of halogens is 3.